The predicted molar refractivity (Wildman–Crippen MR) is 108 cm³/mol. The van der Waals surface area contributed by atoms with Crippen LogP contribution >= 0.6 is 23.2 Å². The quantitative estimate of drug-likeness (QED) is 0.722. The van der Waals surface area contributed by atoms with Gasteiger partial charge in [-0.3, -0.25) is 9.69 Å². The van der Waals surface area contributed by atoms with Crippen molar-refractivity contribution in [1.29, 1.82) is 0 Å². The van der Waals surface area contributed by atoms with Crippen molar-refractivity contribution in [2.75, 3.05) is 26.7 Å². The van der Waals surface area contributed by atoms with Crippen molar-refractivity contribution in [1.82, 2.24) is 15.2 Å². The molecule has 7 heteroatoms. The number of halogens is 2. The molecule has 3 rings (SSSR count). The summed E-state index contributed by atoms with van der Waals surface area (Å²) in [6.07, 6.45) is 5.05. The van der Waals surface area contributed by atoms with E-state index in [2.05, 4.69) is 27.3 Å². The fourth-order valence-corrected chi connectivity index (χ4v) is 3.62. The molecular weight excluding hydrogens is 385 g/mol. The number of nitrogens with zero attached hydrogens (tertiary/aromatic N) is 2. The number of methoxy groups -OCH3 is 1. The van der Waals surface area contributed by atoms with Crippen molar-refractivity contribution < 1.29 is 9.53 Å². The maximum absolute atomic E-state index is 12.5. The standard InChI is InChI=1S/C20H23Cl2N3O2/c1-27-16-7-5-14(6-8-16)18(25-9-3-2-4-10-25)13-24-20(26)15-11-17(21)19(22)23-12-15/h5-8,11-12,18H,2-4,9-10,13H2,1H3,(H,24,26)/t18-/m0/s1. The molecule has 0 aliphatic carbocycles. The van der Waals surface area contributed by atoms with Gasteiger partial charge in [-0.05, 0) is 49.7 Å². The first-order valence-corrected chi connectivity index (χ1v) is 9.81. The van der Waals surface area contributed by atoms with Gasteiger partial charge in [-0.1, -0.05) is 41.8 Å². The summed E-state index contributed by atoms with van der Waals surface area (Å²) < 4.78 is 5.26. The van der Waals surface area contributed by atoms with E-state index in [1.54, 1.807) is 7.11 Å². The van der Waals surface area contributed by atoms with Crippen molar-refractivity contribution in [3.8, 4) is 5.75 Å². The number of piperidine rings is 1. The third-order valence-electron chi connectivity index (χ3n) is 4.85. The Bertz CT molecular complexity index is 777. The Morgan fingerprint density at radius 2 is 1.93 bits per heavy atom. The van der Waals surface area contributed by atoms with Gasteiger partial charge in [0.25, 0.3) is 5.91 Å². The summed E-state index contributed by atoms with van der Waals surface area (Å²) in [6.45, 7) is 2.56. The van der Waals surface area contributed by atoms with Crippen LogP contribution in [0.1, 0.15) is 41.2 Å². The van der Waals surface area contributed by atoms with E-state index in [0.29, 0.717) is 12.1 Å². The first kappa shape index (κ1) is 19.9. The van der Waals surface area contributed by atoms with Crippen molar-refractivity contribution in [2.24, 2.45) is 0 Å². The summed E-state index contributed by atoms with van der Waals surface area (Å²) in [6, 6.07) is 9.68. The third kappa shape index (κ3) is 5.12. The molecule has 144 valence electrons. The van der Waals surface area contributed by atoms with Crippen LogP contribution in [0.2, 0.25) is 10.2 Å². The Labute approximate surface area is 169 Å². The molecule has 1 aliphatic rings. The number of hydrogen-bond donors (Lipinski definition) is 1. The van der Waals surface area contributed by atoms with E-state index in [0.717, 1.165) is 24.4 Å². The lowest BCUT2D eigenvalue weighted by molar-refractivity contribution is 0.0924. The molecule has 0 saturated carbocycles. The van der Waals surface area contributed by atoms with Crippen molar-refractivity contribution in [3.63, 3.8) is 0 Å². The van der Waals surface area contributed by atoms with Crippen LogP contribution in [-0.2, 0) is 0 Å². The number of benzene rings is 1. The highest BCUT2D eigenvalue weighted by atomic mass is 35.5. The lowest BCUT2D eigenvalue weighted by Gasteiger charge is -2.35. The fourth-order valence-electron chi connectivity index (χ4n) is 3.35. The number of likely N-dealkylation sites (tertiary alicyclic amines) is 1. The number of carbonyl (C=O) groups excluding carboxylic acids is 1. The summed E-state index contributed by atoms with van der Waals surface area (Å²) in [5, 5.41) is 3.48. The van der Waals surface area contributed by atoms with Gasteiger partial charge in [0.05, 0.1) is 23.7 Å². The molecule has 2 heterocycles. The minimum Gasteiger partial charge on any atom is -0.497 e. The summed E-state index contributed by atoms with van der Waals surface area (Å²) in [7, 11) is 1.66. The Morgan fingerprint density at radius 1 is 1.22 bits per heavy atom. The normalized spacial score (nSPS) is 16.0. The number of nitrogens with one attached hydrogen (secondary N) is 1. The average molecular weight is 408 g/mol. The number of rotatable bonds is 6. The lowest BCUT2D eigenvalue weighted by atomic mass is 10.0. The summed E-state index contributed by atoms with van der Waals surface area (Å²) in [5.41, 5.74) is 1.56. The van der Waals surface area contributed by atoms with Gasteiger partial charge in [0.2, 0.25) is 0 Å². The van der Waals surface area contributed by atoms with Crippen LogP contribution in [-0.4, -0.2) is 42.5 Å². The Balaban J connectivity index is 1.73. The number of amides is 1. The number of ether oxygens (including phenoxy) is 1. The summed E-state index contributed by atoms with van der Waals surface area (Å²) >= 11 is 11.8. The third-order valence-corrected chi connectivity index (χ3v) is 5.53. The van der Waals surface area contributed by atoms with E-state index in [9.17, 15) is 4.79 Å². The molecule has 0 bridgehead atoms. The maximum atomic E-state index is 12.5. The monoisotopic (exact) mass is 407 g/mol. The van der Waals surface area contributed by atoms with E-state index < -0.39 is 0 Å². The van der Waals surface area contributed by atoms with E-state index in [1.807, 2.05) is 12.1 Å². The highest BCUT2D eigenvalue weighted by Gasteiger charge is 2.23. The minimum atomic E-state index is -0.211. The smallest absolute Gasteiger partial charge is 0.252 e. The Hall–Kier alpha value is -1.82. The van der Waals surface area contributed by atoms with Crippen LogP contribution in [0.15, 0.2) is 36.5 Å². The van der Waals surface area contributed by atoms with Crippen LogP contribution in [0.3, 0.4) is 0 Å². The molecule has 1 amide bonds. The SMILES string of the molecule is COc1ccc([C@H](CNC(=O)c2cnc(Cl)c(Cl)c2)N2CCCCC2)cc1. The van der Waals surface area contributed by atoms with Gasteiger partial charge in [0.15, 0.2) is 0 Å². The van der Waals surface area contributed by atoms with Gasteiger partial charge in [0.1, 0.15) is 10.9 Å². The van der Waals surface area contributed by atoms with Crippen LogP contribution in [0.4, 0.5) is 0 Å². The topological polar surface area (TPSA) is 54.5 Å². The molecule has 1 aromatic carbocycles. The number of aromatic nitrogens is 1. The highest BCUT2D eigenvalue weighted by Crippen LogP contribution is 2.26. The number of pyridine rings is 1. The zero-order valence-electron chi connectivity index (χ0n) is 15.3. The first-order chi connectivity index (χ1) is 13.1. The number of hydrogen-bond acceptors (Lipinski definition) is 4. The molecule has 2 aromatic rings. The second kappa shape index (κ2) is 9.40. The molecule has 1 aliphatic heterocycles. The van der Waals surface area contributed by atoms with Gasteiger partial charge < -0.3 is 10.1 Å². The maximum Gasteiger partial charge on any atom is 0.252 e. The molecular formula is C20H23Cl2N3O2. The first-order valence-electron chi connectivity index (χ1n) is 9.05. The van der Waals surface area contributed by atoms with Crippen LogP contribution in [0, 0.1) is 0 Å². The largest absolute Gasteiger partial charge is 0.497 e. The van der Waals surface area contributed by atoms with Gasteiger partial charge in [-0.15, -0.1) is 0 Å². The molecule has 1 fully saturated rings. The van der Waals surface area contributed by atoms with Crippen molar-refractivity contribution in [2.45, 2.75) is 25.3 Å². The molecule has 27 heavy (non-hydrogen) atoms. The molecule has 0 spiro atoms. The van der Waals surface area contributed by atoms with Crippen molar-refractivity contribution in [3.05, 3.63) is 57.8 Å². The van der Waals surface area contributed by atoms with Crippen LogP contribution < -0.4 is 10.1 Å². The second-order valence-electron chi connectivity index (χ2n) is 6.59. The minimum absolute atomic E-state index is 0.107. The van der Waals surface area contributed by atoms with Gasteiger partial charge in [0, 0.05) is 12.7 Å². The fraction of sp³-hybridized carbons (Fsp3) is 0.400. The highest BCUT2D eigenvalue weighted by molar-refractivity contribution is 6.41. The lowest BCUT2D eigenvalue weighted by Crippen LogP contribution is -2.40. The van der Waals surface area contributed by atoms with Crippen molar-refractivity contribution >= 4 is 29.1 Å². The van der Waals surface area contributed by atoms with E-state index in [1.165, 1.54) is 31.5 Å². The zero-order chi connectivity index (χ0) is 19.2. The molecule has 1 atom stereocenters. The average Bonchev–Trinajstić information content (AvgIpc) is 2.71. The molecule has 0 unspecified atom stereocenters. The molecule has 0 radical (unpaired) electrons. The predicted octanol–water partition coefficient (Wildman–Crippen LogP) is 4.35. The van der Waals surface area contributed by atoms with Crippen LogP contribution in [0.25, 0.3) is 0 Å². The molecule has 5 nitrogen and oxygen atoms in total. The van der Waals surface area contributed by atoms with E-state index in [4.69, 9.17) is 27.9 Å². The molecule has 1 N–H and O–H groups in total. The molecule has 1 aromatic heterocycles. The van der Waals surface area contributed by atoms with Crippen LogP contribution in [0.5, 0.6) is 5.75 Å². The van der Waals surface area contributed by atoms with Gasteiger partial charge in [-0.2, -0.15) is 0 Å². The Morgan fingerprint density at radius 3 is 2.56 bits per heavy atom. The van der Waals surface area contributed by atoms with Gasteiger partial charge in [-0.25, -0.2) is 4.98 Å². The summed E-state index contributed by atoms with van der Waals surface area (Å²) in [4.78, 5) is 18.9. The number of carbonyl (C=O) groups is 1. The Kier molecular flexibility index (Phi) is 6.94. The van der Waals surface area contributed by atoms with Gasteiger partial charge >= 0.3 is 0 Å². The zero-order valence-corrected chi connectivity index (χ0v) is 16.8. The second-order valence-corrected chi connectivity index (χ2v) is 7.36. The van der Waals surface area contributed by atoms with E-state index >= 15 is 0 Å². The molecule has 1 saturated heterocycles. The summed E-state index contributed by atoms with van der Waals surface area (Å²) in [5.74, 6) is 0.610. The van der Waals surface area contributed by atoms with E-state index in [-0.39, 0.29) is 22.1 Å².